The summed E-state index contributed by atoms with van der Waals surface area (Å²) in [5, 5.41) is 16.7. The molecule has 5 rings (SSSR count). The van der Waals surface area contributed by atoms with Crippen LogP contribution in [0.1, 0.15) is 31.4 Å². The van der Waals surface area contributed by atoms with E-state index in [4.69, 9.17) is 4.74 Å². The van der Waals surface area contributed by atoms with Gasteiger partial charge >= 0.3 is 0 Å². The number of amides is 1. The van der Waals surface area contributed by atoms with Crippen LogP contribution in [0.3, 0.4) is 0 Å². The summed E-state index contributed by atoms with van der Waals surface area (Å²) in [6.07, 6.45) is 7.58. The van der Waals surface area contributed by atoms with Crippen LogP contribution < -0.4 is 10.1 Å². The number of carbonyl (C=O) groups is 1. The van der Waals surface area contributed by atoms with Gasteiger partial charge < -0.3 is 15.0 Å². The predicted molar refractivity (Wildman–Crippen MR) is 116 cm³/mol. The molecule has 2 aliphatic rings. The Morgan fingerprint density at radius 1 is 1.29 bits per heavy atom. The zero-order valence-corrected chi connectivity index (χ0v) is 17.4. The van der Waals surface area contributed by atoms with Gasteiger partial charge in [0.25, 0.3) is 0 Å². The largest absolute Gasteiger partial charge is 0.487 e. The van der Waals surface area contributed by atoms with Crippen LogP contribution in [0.25, 0.3) is 16.6 Å². The number of aromatic nitrogens is 3. The molecule has 158 valence electrons. The van der Waals surface area contributed by atoms with Crippen LogP contribution in [-0.2, 0) is 4.79 Å². The minimum absolute atomic E-state index is 0.0320. The Bertz CT molecular complexity index is 1180. The number of nitriles is 1. The average molecular weight is 416 g/mol. The van der Waals surface area contributed by atoms with Crippen molar-refractivity contribution < 1.29 is 9.53 Å². The van der Waals surface area contributed by atoms with E-state index in [2.05, 4.69) is 33.4 Å². The van der Waals surface area contributed by atoms with Gasteiger partial charge in [-0.2, -0.15) is 10.4 Å². The Hall–Kier alpha value is -3.44. The molecule has 8 nitrogen and oxygen atoms in total. The maximum Gasteiger partial charge on any atom is 0.228 e. The quantitative estimate of drug-likeness (QED) is 0.687. The lowest BCUT2D eigenvalue weighted by Gasteiger charge is -2.30. The molecule has 4 heterocycles. The first-order chi connectivity index (χ1) is 15.1. The highest BCUT2D eigenvalue weighted by Gasteiger charge is 2.30. The van der Waals surface area contributed by atoms with Gasteiger partial charge in [-0.15, -0.1) is 0 Å². The second-order valence-corrected chi connectivity index (χ2v) is 8.40. The number of anilines is 1. The third-order valence-electron chi connectivity index (χ3n) is 5.83. The van der Waals surface area contributed by atoms with Crippen molar-refractivity contribution in [2.45, 2.75) is 31.8 Å². The number of piperidine rings is 1. The Kier molecular flexibility index (Phi) is 5.04. The molecule has 31 heavy (non-hydrogen) atoms. The molecule has 2 fully saturated rings. The topological polar surface area (TPSA) is 95.6 Å². The first kappa shape index (κ1) is 19.5. The summed E-state index contributed by atoms with van der Waals surface area (Å²) >= 11 is 0. The molecule has 1 N–H and O–H groups in total. The number of carbonyl (C=O) groups excluding carboxylic acids is 1. The van der Waals surface area contributed by atoms with E-state index in [1.165, 1.54) is 0 Å². The highest BCUT2D eigenvalue weighted by Crippen LogP contribution is 2.33. The van der Waals surface area contributed by atoms with E-state index in [-0.39, 0.29) is 17.9 Å². The Morgan fingerprint density at radius 3 is 2.94 bits per heavy atom. The number of pyridine rings is 2. The van der Waals surface area contributed by atoms with Gasteiger partial charge in [-0.3, -0.25) is 4.79 Å². The van der Waals surface area contributed by atoms with Crippen LogP contribution in [-0.4, -0.2) is 51.6 Å². The smallest absolute Gasteiger partial charge is 0.228 e. The minimum Gasteiger partial charge on any atom is -0.487 e. The lowest BCUT2D eigenvalue weighted by Crippen LogP contribution is -2.38. The fourth-order valence-electron chi connectivity index (χ4n) is 4.02. The molecule has 8 heteroatoms. The number of fused-ring (bicyclic) bond motifs is 1. The summed E-state index contributed by atoms with van der Waals surface area (Å²) in [6.45, 7) is 1.95. The summed E-state index contributed by atoms with van der Waals surface area (Å²) in [6, 6.07) is 9.65. The van der Waals surface area contributed by atoms with Gasteiger partial charge in [0, 0.05) is 30.3 Å². The molecular formula is C23H24N6O2. The Labute approximate surface area is 180 Å². The molecule has 1 saturated heterocycles. The number of rotatable bonds is 5. The summed E-state index contributed by atoms with van der Waals surface area (Å²) in [7, 11) is 2.10. The molecule has 0 spiro atoms. The number of likely N-dealkylation sites (N-methyl/N-ethyl adjacent to an activating group) is 1. The summed E-state index contributed by atoms with van der Waals surface area (Å²) in [4.78, 5) is 18.5. The summed E-state index contributed by atoms with van der Waals surface area (Å²) < 4.78 is 8.05. The molecule has 1 aliphatic carbocycles. The van der Waals surface area contributed by atoms with E-state index in [9.17, 15) is 10.1 Å². The number of nitrogens with zero attached hydrogens (tertiary/aromatic N) is 5. The van der Waals surface area contributed by atoms with E-state index in [0.717, 1.165) is 55.4 Å². The van der Waals surface area contributed by atoms with E-state index in [1.54, 1.807) is 16.8 Å². The lowest BCUT2D eigenvalue weighted by molar-refractivity contribution is -0.117. The minimum atomic E-state index is 0.0320. The number of hydrogen-bond donors (Lipinski definition) is 1. The van der Waals surface area contributed by atoms with Crippen molar-refractivity contribution in [3.8, 4) is 22.9 Å². The van der Waals surface area contributed by atoms with E-state index in [1.807, 2.05) is 24.4 Å². The van der Waals surface area contributed by atoms with Gasteiger partial charge in [-0.05, 0) is 63.0 Å². The highest BCUT2D eigenvalue weighted by atomic mass is 16.5. The molecule has 0 unspecified atom stereocenters. The number of hydrogen-bond acceptors (Lipinski definition) is 6. The van der Waals surface area contributed by atoms with Crippen LogP contribution in [0.15, 0.2) is 36.7 Å². The normalized spacial score (nSPS) is 19.2. The van der Waals surface area contributed by atoms with Crippen LogP contribution in [0.4, 0.5) is 5.82 Å². The molecule has 0 radical (unpaired) electrons. The Morgan fingerprint density at radius 2 is 2.16 bits per heavy atom. The molecule has 3 aromatic rings. The van der Waals surface area contributed by atoms with Crippen molar-refractivity contribution in [1.29, 1.82) is 5.26 Å². The lowest BCUT2D eigenvalue weighted by atomic mass is 10.0. The molecule has 1 atom stereocenters. The van der Waals surface area contributed by atoms with Crippen LogP contribution >= 0.6 is 0 Å². The van der Waals surface area contributed by atoms with Crippen LogP contribution in [0.5, 0.6) is 5.75 Å². The number of likely N-dealkylation sites (tertiary alicyclic amines) is 1. The van der Waals surface area contributed by atoms with Crippen LogP contribution in [0, 0.1) is 17.2 Å². The Balaban J connectivity index is 1.46. The van der Waals surface area contributed by atoms with Crippen molar-refractivity contribution in [2.24, 2.45) is 5.92 Å². The zero-order chi connectivity index (χ0) is 21.4. The number of ether oxygens (including phenoxy) is 1. The molecular weight excluding hydrogens is 392 g/mol. The first-order valence-electron chi connectivity index (χ1n) is 10.6. The summed E-state index contributed by atoms with van der Waals surface area (Å²) in [5.74, 6) is 1.37. The van der Waals surface area contributed by atoms with Gasteiger partial charge in [-0.25, -0.2) is 9.50 Å². The van der Waals surface area contributed by atoms with Gasteiger partial charge in [0.05, 0.1) is 11.7 Å². The van der Waals surface area contributed by atoms with Crippen molar-refractivity contribution in [3.63, 3.8) is 0 Å². The van der Waals surface area contributed by atoms with E-state index >= 15 is 0 Å². The summed E-state index contributed by atoms with van der Waals surface area (Å²) in [5.41, 5.74) is 2.92. The monoisotopic (exact) mass is 416 g/mol. The maximum atomic E-state index is 12.0. The molecule has 3 aromatic heterocycles. The van der Waals surface area contributed by atoms with E-state index < -0.39 is 0 Å². The van der Waals surface area contributed by atoms with Crippen molar-refractivity contribution >= 4 is 17.2 Å². The average Bonchev–Trinajstić information content (AvgIpc) is 3.54. The fourth-order valence-corrected chi connectivity index (χ4v) is 4.02. The standard InChI is InChI=1S/C23H24N6O2/c1-28-7-2-3-19(14-28)31-21-13-25-17(12-24)10-20(21)16-6-8-29-18(9-16)11-22(27-29)26-23(30)15-4-5-15/h6,8-11,13,15,19H,2-5,7,14H2,1H3,(H,26,27,30)/t19-/m0/s1. The van der Waals surface area contributed by atoms with Gasteiger partial charge in [0.2, 0.25) is 5.91 Å². The SMILES string of the molecule is CN1CCC[C@H](Oc2cnc(C#N)cc2-c2ccn3nc(NC(=O)C4CC4)cc3c2)C1. The van der Waals surface area contributed by atoms with Crippen molar-refractivity contribution in [1.82, 2.24) is 19.5 Å². The van der Waals surface area contributed by atoms with Crippen LogP contribution in [0.2, 0.25) is 0 Å². The number of nitrogens with one attached hydrogen (secondary N) is 1. The molecule has 1 amide bonds. The molecule has 1 aliphatic heterocycles. The third-order valence-corrected chi connectivity index (χ3v) is 5.83. The van der Waals surface area contributed by atoms with Gasteiger partial charge in [0.1, 0.15) is 23.6 Å². The highest BCUT2D eigenvalue weighted by molar-refractivity contribution is 5.93. The fraction of sp³-hybridized carbons (Fsp3) is 0.391. The maximum absolute atomic E-state index is 12.0. The van der Waals surface area contributed by atoms with Gasteiger partial charge in [0.15, 0.2) is 5.82 Å². The predicted octanol–water partition coefficient (Wildman–Crippen LogP) is 3.09. The second kappa shape index (κ2) is 8.00. The third kappa shape index (κ3) is 4.23. The first-order valence-corrected chi connectivity index (χ1v) is 10.6. The van der Waals surface area contributed by atoms with E-state index in [0.29, 0.717) is 17.3 Å². The molecule has 0 bridgehead atoms. The van der Waals surface area contributed by atoms with Crippen molar-refractivity contribution in [2.75, 3.05) is 25.5 Å². The molecule has 1 saturated carbocycles. The van der Waals surface area contributed by atoms with Crippen molar-refractivity contribution in [3.05, 3.63) is 42.4 Å². The second-order valence-electron chi connectivity index (χ2n) is 8.40. The van der Waals surface area contributed by atoms with Gasteiger partial charge in [-0.1, -0.05) is 0 Å². The molecule has 0 aromatic carbocycles. The zero-order valence-electron chi connectivity index (χ0n) is 17.4.